The van der Waals surface area contributed by atoms with Crippen molar-refractivity contribution in [2.24, 2.45) is 5.10 Å². The van der Waals surface area contributed by atoms with E-state index in [0.29, 0.717) is 11.5 Å². The van der Waals surface area contributed by atoms with Gasteiger partial charge >= 0.3 is 5.97 Å². The predicted octanol–water partition coefficient (Wildman–Crippen LogP) is 4.70. The molecule has 0 radical (unpaired) electrons. The van der Waals surface area contributed by atoms with Gasteiger partial charge < -0.3 is 4.74 Å². The van der Waals surface area contributed by atoms with Crippen LogP contribution in [-0.4, -0.2) is 33.5 Å². The van der Waals surface area contributed by atoms with Gasteiger partial charge in [0.2, 0.25) is 0 Å². The molecule has 0 aliphatic carbocycles. The zero-order valence-electron chi connectivity index (χ0n) is 17.8. The number of hydrogen-bond donors (Lipinski definition) is 1. The molecule has 1 heterocycles. The number of carbonyl (C=O) groups is 2. The predicted molar refractivity (Wildman–Crippen MR) is 129 cm³/mol. The summed E-state index contributed by atoms with van der Waals surface area (Å²) in [5, 5.41) is 12.5. The molecule has 166 valence electrons. The number of rotatable bonds is 9. The number of thioether (sulfide) groups is 2. The lowest BCUT2D eigenvalue weighted by atomic mass is 10.1. The summed E-state index contributed by atoms with van der Waals surface area (Å²) in [6.07, 6.45) is 0. The van der Waals surface area contributed by atoms with Gasteiger partial charge in [0.1, 0.15) is 5.75 Å². The van der Waals surface area contributed by atoms with E-state index in [1.54, 1.807) is 43.0 Å². The van der Waals surface area contributed by atoms with E-state index in [1.807, 2.05) is 0 Å². The minimum absolute atomic E-state index is 0.194. The van der Waals surface area contributed by atoms with Crippen LogP contribution >= 0.6 is 34.9 Å². The Kier molecular flexibility index (Phi) is 8.83. The first-order valence-electron chi connectivity index (χ1n) is 9.65. The third-order valence-corrected chi connectivity index (χ3v) is 7.34. The molecule has 32 heavy (non-hydrogen) atoms. The van der Waals surface area contributed by atoms with Crippen molar-refractivity contribution in [1.29, 1.82) is 0 Å². The summed E-state index contributed by atoms with van der Waals surface area (Å²) < 4.78 is 6.62. The summed E-state index contributed by atoms with van der Waals surface area (Å²) in [5.41, 5.74) is 6.48. The molecule has 7 nitrogen and oxygen atoms in total. The molecular formula is C22H22N4O3S3. The van der Waals surface area contributed by atoms with Gasteiger partial charge in [-0.25, -0.2) is 5.43 Å². The number of aryl methyl sites for hydroxylation is 1. The quantitative estimate of drug-likeness (QED) is 0.154. The molecule has 0 fully saturated rings. The number of hydrazone groups is 1. The largest absolute Gasteiger partial charge is 0.427 e. The highest BCUT2D eigenvalue weighted by Gasteiger charge is 2.09. The standard InChI is InChI=1S/C22H22N4O3S3/c1-14-4-6-17(7-5-14)12-30-21-25-26-22(32-21)31-13-20(28)24-23-15(2)18-8-10-19(11-9-18)29-16(3)27/h4-11H,12-13H2,1-3H3,(H,24,28)/b23-15-. The maximum atomic E-state index is 12.1. The average Bonchev–Trinajstić information content (AvgIpc) is 3.23. The maximum Gasteiger partial charge on any atom is 0.308 e. The first kappa shape index (κ1) is 24.0. The molecule has 1 N–H and O–H groups in total. The third kappa shape index (κ3) is 7.77. The fourth-order valence-corrected chi connectivity index (χ4v) is 5.21. The highest BCUT2D eigenvalue weighted by atomic mass is 32.2. The molecule has 0 atom stereocenters. The van der Waals surface area contributed by atoms with Crippen LogP contribution in [0.15, 0.2) is 62.3 Å². The Morgan fingerprint density at radius 1 is 1.00 bits per heavy atom. The highest BCUT2D eigenvalue weighted by molar-refractivity contribution is 8.03. The fourth-order valence-electron chi connectivity index (χ4n) is 2.44. The molecule has 3 rings (SSSR count). The molecule has 0 unspecified atom stereocenters. The Balaban J connectivity index is 1.43. The zero-order valence-corrected chi connectivity index (χ0v) is 20.3. The van der Waals surface area contributed by atoms with E-state index in [-0.39, 0.29) is 17.6 Å². The maximum absolute atomic E-state index is 12.1. The number of esters is 1. The minimum atomic E-state index is -0.375. The van der Waals surface area contributed by atoms with E-state index < -0.39 is 0 Å². The van der Waals surface area contributed by atoms with E-state index >= 15 is 0 Å². The number of aromatic nitrogens is 2. The molecule has 0 saturated carbocycles. The zero-order chi connectivity index (χ0) is 22.9. The number of nitrogens with zero attached hydrogens (tertiary/aromatic N) is 3. The first-order valence-corrected chi connectivity index (χ1v) is 12.4. The topological polar surface area (TPSA) is 93.5 Å². The summed E-state index contributed by atoms with van der Waals surface area (Å²) in [6.45, 7) is 5.20. The van der Waals surface area contributed by atoms with Crippen LogP contribution in [0, 0.1) is 6.92 Å². The second-order valence-electron chi connectivity index (χ2n) is 6.75. The van der Waals surface area contributed by atoms with E-state index in [0.717, 1.165) is 20.0 Å². The molecular weight excluding hydrogens is 464 g/mol. The Morgan fingerprint density at radius 3 is 2.31 bits per heavy atom. The van der Waals surface area contributed by atoms with Gasteiger partial charge in [0.15, 0.2) is 8.68 Å². The second-order valence-corrected chi connectivity index (χ2v) is 10.2. The normalized spacial score (nSPS) is 11.3. The minimum Gasteiger partial charge on any atom is -0.427 e. The van der Waals surface area contributed by atoms with Crippen molar-refractivity contribution < 1.29 is 14.3 Å². The van der Waals surface area contributed by atoms with Crippen molar-refractivity contribution in [2.45, 2.75) is 35.2 Å². The number of amides is 1. The molecule has 3 aromatic rings. The van der Waals surface area contributed by atoms with Crippen LogP contribution in [0.2, 0.25) is 0 Å². The van der Waals surface area contributed by atoms with Gasteiger partial charge in [-0.3, -0.25) is 9.59 Å². The molecule has 0 bridgehead atoms. The molecule has 0 saturated heterocycles. The SMILES string of the molecule is CC(=O)Oc1ccc(/C(C)=N\NC(=O)CSc2nnc(SCc3ccc(C)cc3)s2)cc1. The first-order chi connectivity index (χ1) is 15.4. The van der Waals surface area contributed by atoms with Gasteiger partial charge in [-0.15, -0.1) is 10.2 Å². The van der Waals surface area contributed by atoms with E-state index in [9.17, 15) is 9.59 Å². The Labute approximate surface area is 199 Å². The van der Waals surface area contributed by atoms with Crippen LogP contribution in [-0.2, 0) is 15.3 Å². The average molecular weight is 487 g/mol. The van der Waals surface area contributed by atoms with Gasteiger partial charge in [-0.1, -0.05) is 64.7 Å². The fraction of sp³-hybridized carbons (Fsp3) is 0.227. The van der Waals surface area contributed by atoms with Crippen LogP contribution in [0.5, 0.6) is 5.75 Å². The summed E-state index contributed by atoms with van der Waals surface area (Å²) in [4.78, 5) is 23.1. The monoisotopic (exact) mass is 486 g/mol. The smallest absolute Gasteiger partial charge is 0.308 e. The molecule has 0 aliphatic rings. The van der Waals surface area contributed by atoms with Crippen LogP contribution in [0.4, 0.5) is 0 Å². The van der Waals surface area contributed by atoms with Gasteiger partial charge in [-0.05, 0) is 49.2 Å². The molecule has 2 aromatic carbocycles. The Bertz CT molecular complexity index is 1100. The lowest BCUT2D eigenvalue weighted by molar-refractivity contribution is -0.131. The lowest BCUT2D eigenvalue weighted by Gasteiger charge is -2.04. The van der Waals surface area contributed by atoms with Crippen LogP contribution < -0.4 is 10.2 Å². The molecule has 0 spiro atoms. The highest BCUT2D eigenvalue weighted by Crippen LogP contribution is 2.30. The van der Waals surface area contributed by atoms with Gasteiger partial charge in [-0.2, -0.15) is 5.10 Å². The molecule has 0 aliphatic heterocycles. The summed E-state index contributed by atoms with van der Waals surface area (Å²) >= 11 is 4.44. The van der Waals surface area contributed by atoms with Crippen LogP contribution in [0.1, 0.15) is 30.5 Å². The van der Waals surface area contributed by atoms with Crippen molar-refractivity contribution in [3.63, 3.8) is 0 Å². The van der Waals surface area contributed by atoms with Crippen molar-refractivity contribution in [1.82, 2.24) is 15.6 Å². The van der Waals surface area contributed by atoms with Gasteiger partial charge in [0.05, 0.1) is 11.5 Å². The van der Waals surface area contributed by atoms with Crippen LogP contribution in [0.3, 0.4) is 0 Å². The number of nitrogens with one attached hydrogen (secondary N) is 1. The number of ether oxygens (including phenoxy) is 1. The van der Waals surface area contributed by atoms with E-state index in [2.05, 4.69) is 51.9 Å². The molecule has 1 aromatic heterocycles. The molecule has 10 heteroatoms. The summed E-state index contributed by atoms with van der Waals surface area (Å²) in [7, 11) is 0. The third-order valence-electron chi connectivity index (χ3n) is 4.08. The van der Waals surface area contributed by atoms with Gasteiger partial charge in [0, 0.05) is 12.7 Å². The number of carbonyl (C=O) groups excluding carboxylic acids is 2. The number of benzene rings is 2. The van der Waals surface area contributed by atoms with Gasteiger partial charge in [0.25, 0.3) is 5.91 Å². The molecule has 1 amide bonds. The van der Waals surface area contributed by atoms with E-state index in [4.69, 9.17) is 4.74 Å². The van der Waals surface area contributed by atoms with Crippen molar-refractivity contribution in [3.8, 4) is 5.75 Å². The van der Waals surface area contributed by atoms with Crippen molar-refractivity contribution >= 4 is 52.4 Å². The van der Waals surface area contributed by atoms with Crippen molar-refractivity contribution in [2.75, 3.05) is 5.75 Å². The summed E-state index contributed by atoms with van der Waals surface area (Å²) in [5.74, 6) is 0.883. The lowest BCUT2D eigenvalue weighted by Crippen LogP contribution is -2.21. The van der Waals surface area contributed by atoms with Crippen LogP contribution in [0.25, 0.3) is 0 Å². The Hall–Kier alpha value is -2.69. The van der Waals surface area contributed by atoms with E-state index in [1.165, 1.54) is 41.1 Å². The summed E-state index contributed by atoms with van der Waals surface area (Å²) in [6, 6.07) is 15.3. The number of hydrogen-bond acceptors (Lipinski definition) is 9. The van der Waals surface area contributed by atoms with Crippen molar-refractivity contribution in [3.05, 3.63) is 65.2 Å². The Morgan fingerprint density at radius 2 is 1.66 bits per heavy atom. The second kappa shape index (κ2) is 11.8.